The van der Waals surface area contributed by atoms with Crippen molar-refractivity contribution in [2.45, 2.75) is 63.2 Å². The van der Waals surface area contributed by atoms with Crippen molar-refractivity contribution in [1.82, 2.24) is 5.32 Å². The van der Waals surface area contributed by atoms with Crippen LogP contribution in [-0.4, -0.2) is 32.0 Å². The van der Waals surface area contributed by atoms with Gasteiger partial charge in [0.1, 0.15) is 0 Å². The molecule has 0 aliphatic carbocycles. The Morgan fingerprint density at radius 2 is 2.22 bits per heavy atom. The molecule has 2 unspecified atom stereocenters. The van der Waals surface area contributed by atoms with Crippen LogP contribution < -0.4 is 5.32 Å². The Labute approximate surface area is 112 Å². The van der Waals surface area contributed by atoms with Crippen LogP contribution in [0.1, 0.15) is 51.9 Å². The zero-order valence-corrected chi connectivity index (χ0v) is 12.1. The van der Waals surface area contributed by atoms with Gasteiger partial charge in [-0.3, -0.25) is 0 Å². The van der Waals surface area contributed by atoms with E-state index in [0.29, 0.717) is 5.75 Å². The quantitative estimate of drug-likeness (QED) is 0.570. The summed E-state index contributed by atoms with van der Waals surface area (Å²) in [5, 5.41) is 3.21. The van der Waals surface area contributed by atoms with Crippen molar-refractivity contribution < 1.29 is 8.42 Å². The van der Waals surface area contributed by atoms with Crippen molar-refractivity contribution in [3.63, 3.8) is 0 Å². The van der Waals surface area contributed by atoms with Gasteiger partial charge in [0, 0.05) is 12.5 Å². The number of hydrogen-bond donors (Lipinski definition) is 1. The van der Waals surface area contributed by atoms with Gasteiger partial charge in [-0.05, 0) is 38.6 Å². The van der Waals surface area contributed by atoms with Gasteiger partial charge in [0.25, 0.3) is 0 Å². The lowest BCUT2D eigenvalue weighted by Gasteiger charge is -2.30. The predicted octanol–water partition coefficient (Wildman–Crippen LogP) is 2.13. The highest BCUT2D eigenvalue weighted by Crippen LogP contribution is 2.24. The van der Waals surface area contributed by atoms with Gasteiger partial charge >= 0.3 is 0 Å². The molecule has 1 rings (SSSR count). The smallest absolute Gasteiger partial charge is 0.154 e. The van der Waals surface area contributed by atoms with Gasteiger partial charge in [0.15, 0.2) is 9.84 Å². The molecule has 1 aliphatic rings. The third-order valence-electron chi connectivity index (χ3n) is 3.57. The second-order valence-electron chi connectivity index (χ2n) is 5.06. The molecule has 1 N–H and O–H groups in total. The molecule has 1 saturated heterocycles. The van der Waals surface area contributed by atoms with Crippen LogP contribution in [0.2, 0.25) is 0 Å². The average molecular weight is 271 g/mol. The molecule has 4 heteroatoms. The molecule has 1 heterocycles. The van der Waals surface area contributed by atoms with Gasteiger partial charge in [-0.2, -0.15) is 0 Å². The van der Waals surface area contributed by atoms with Crippen molar-refractivity contribution >= 4 is 9.84 Å². The summed E-state index contributed by atoms with van der Waals surface area (Å²) in [7, 11) is -2.90. The van der Waals surface area contributed by atoms with E-state index < -0.39 is 9.84 Å². The fourth-order valence-corrected chi connectivity index (χ4v) is 4.77. The molecule has 0 aromatic rings. The molecule has 0 radical (unpaired) electrons. The molecule has 2 atom stereocenters. The molecule has 1 fully saturated rings. The van der Waals surface area contributed by atoms with Gasteiger partial charge in [0.05, 0.1) is 11.0 Å². The number of sulfone groups is 1. The lowest BCUT2D eigenvalue weighted by atomic mass is 10.0. The molecule has 18 heavy (non-hydrogen) atoms. The number of nitrogens with one attached hydrogen (secondary N) is 1. The summed E-state index contributed by atoms with van der Waals surface area (Å²) in [5.41, 5.74) is 0. The highest BCUT2D eigenvalue weighted by Gasteiger charge is 2.34. The molecule has 0 aromatic heterocycles. The average Bonchev–Trinajstić information content (AvgIpc) is 2.34. The van der Waals surface area contributed by atoms with E-state index in [1.807, 2.05) is 0 Å². The fraction of sp³-hybridized carbons (Fsp3) is 0.857. The van der Waals surface area contributed by atoms with Crippen LogP contribution in [-0.2, 0) is 9.84 Å². The summed E-state index contributed by atoms with van der Waals surface area (Å²) >= 11 is 0. The standard InChI is InChI=1S/C14H25NO2S/c1-3-5-6-9-13(15-11-4-2)14-10-7-8-12-18(14,16)17/h1,13-15H,4-12H2,2H3. The van der Waals surface area contributed by atoms with E-state index in [4.69, 9.17) is 6.42 Å². The molecular weight excluding hydrogens is 246 g/mol. The Morgan fingerprint density at radius 3 is 2.83 bits per heavy atom. The first-order valence-corrected chi connectivity index (χ1v) is 8.71. The van der Waals surface area contributed by atoms with Crippen LogP contribution in [0.5, 0.6) is 0 Å². The van der Waals surface area contributed by atoms with Gasteiger partial charge in [-0.15, -0.1) is 12.3 Å². The highest BCUT2D eigenvalue weighted by molar-refractivity contribution is 7.92. The first-order valence-electron chi connectivity index (χ1n) is 7.00. The minimum absolute atomic E-state index is 0.0867. The van der Waals surface area contributed by atoms with Crippen LogP contribution in [0.3, 0.4) is 0 Å². The van der Waals surface area contributed by atoms with E-state index in [0.717, 1.165) is 51.5 Å². The van der Waals surface area contributed by atoms with E-state index in [-0.39, 0.29) is 11.3 Å². The third-order valence-corrected chi connectivity index (χ3v) is 5.91. The number of terminal acetylenes is 1. The van der Waals surface area contributed by atoms with Crippen LogP contribution in [0.15, 0.2) is 0 Å². The monoisotopic (exact) mass is 271 g/mol. The molecule has 0 amide bonds. The van der Waals surface area contributed by atoms with Gasteiger partial charge in [-0.25, -0.2) is 8.42 Å². The highest BCUT2D eigenvalue weighted by atomic mass is 32.2. The minimum atomic E-state index is -2.90. The molecule has 104 valence electrons. The Bertz CT molecular complexity index is 370. The zero-order valence-electron chi connectivity index (χ0n) is 11.3. The summed E-state index contributed by atoms with van der Waals surface area (Å²) in [4.78, 5) is 0. The molecule has 1 aliphatic heterocycles. The SMILES string of the molecule is C#CCCCC(NCCC)C1CCCCS1(=O)=O. The minimum Gasteiger partial charge on any atom is -0.313 e. The van der Waals surface area contributed by atoms with E-state index in [9.17, 15) is 8.42 Å². The maximum absolute atomic E-state index is 12.1. The lowest BCUT2D eigenvalue weighted by molar-refractivity contribution is 0.411. The first kappa shape index (κ1) is 15.5. The topological polar surface area (TPSA) is 46.2 Å². The molecule has 0 spiro atoms. The molecular formula is C14H25NO2S. The Morgan fingerprint density at radius 1 is 1.44 bits per heavy atom. The Hall–Kier alpha value is -0.530. The lowest BCUT2D eigenvalue weighted by Crippen LogP contribution is -2.46. The number of unbranched alkanes of at least 4 members (excludes halogenated alkanes) is 1. The Kier molecular flexibility index (Phi) is 6.73. The van der Waals surface area contributed by atoms with E-state index in [1.54, 1.807) is 0 Å². The summed E-state index contributed by atoms with van der Waals surface area (Å²) in [5.74, 6) is 2.98. The van der Waals surface area contributed by atoms with Crippen molar-refractivity contribution in [2.75, 3.05) is 12.3 Å². The maximum atomic E-state index is 12.1. The van der Waals surface area contributed by atoms with Crippen LogP contribution >= 0.6 is 0 Å². The van der Waals surface area contributed by atoms with Gasteiger partial charge in [-0.1, -0.05) is 13.3 Å². The van der Waals surface area contributed by atoms with Gasteiger partial charge in [0.2, 0.25) is 0 Å². The van der Waals surface area contributed by atoms with Crippen molar-refractivity contribution in [3.05, 3.63) is 0 Å². The first-order chi connectivity index (χ1) is 8.61. The Balaban J connectivity index is 2.64. The summed E-state index contributed by atoms with van der Waals surface area (Å²) in [6.07, 6.45) is 11.5. The van der Waals surface area contributed by atoms with E-state index in [1.165, 1.54) is 0 Å². The summed E-state index contributed by atoms with van der Waals surface area (Å²) in [6.45, 7) is 2.98. The normalized spacial score (nSPS) is 24.3. The summed E-state index contributed by atoms with van der Waals surface area (Å²) < 4.78 is 24.3. The van der Waals surface area contributed by atoms with Crippen molar-refractivity contribution in [3.8, 4) is 12.3 Å². The van der Waals surface area contributed by atoms with Crippen molar-refractivity contribution in [2.24, 2.45) is 0 Å². The molecule has 0 bridgehead atoms. The van der Waals surface area contributed by atoms with E-state index >= 15 is 0 Å². The number of hydrogen-bond acceptors (Lipinski definition) is 3. The molecule has 0 saturated carbocycles. The van der Waals surface area contributed by atoms with Gasteiger partial charge < -0.3 is 5.32 Å². The van der Waals surface area contributed by atoms with Crippen LogP contribution in [0, 0.1) is 12.3 Å². The zero-order chi connectivity index (χ0) is 13.4. The summed E-state index contributed by atoms with van der Waals surface area (Å²) in [6, 6.07) is 0.0867. The predicted molar refractivity (Wildman–Crippen MR) is 76.2 cm³/mol. The largest absolute Gasteiger partial charge is 0.313 e. The fourth-order valence-electron chi connectivity index (χ4n) is 2.60. The maximum Gasteiger partial charge on any atom is 0.154 e. The second-order valence-corrected chi connectivity index (χ2v) is 7.40. The van der Waals surface area contributed by atoms with Crippen LogP contribution in [0.25, 0.3) is 0 Å². The van der Waals surface area contributed by atoms with Crippen molar-refractivity contribution in [1.29, 1.82) is 0 Å². The van der Waals surface area contributed by atoms with E-state index in [2.05, 4.69) is 18.2 Å². The second kappa shape index (κ2) is 7.81. The van der Waals surface area contributed by atoms with Crippen LogP contribution in [0.4, 0.5) is 0 Å². The third kappa shape index (κ3) is 4.62. The molecule has 3 nitrogen and oxygen atoms in total. The molecule has 0 aromatic carbocycles. The number of rotatable bonds is 7.